The molecule has 1 atom stereocenters. The third kappa shape index (κ3) is 2.28. The summed E-state index contributed by atoms with van der Waals surface area (Å²) in [5.74, 6) is -0.265. The summed E-state index contributed by atoms with van der Waals surface area (Å²) in [6.07, 6.45) is 0. The quantitative estimate of drug-likeness (QED) is 0.803. The Morgan fingerprint density at radius 3 is 3.00 bits per heavy atom. The summed E-state index contributed by atoms with van der Waals surface area (Å²) in [6.45, 7) is 0.217. The normalized spacial score (nSPS) is 20.1. The molecule has 1 aliphatic rings. The molecule has 2 rings (SSSR count). The van der Waals surface area contributed by atoms with E-state index in [1.807, 2.05) is 0 Å². The second-order valence-electron chi connectivity index (χ2n) is 2.85. The predicted octanol–water partition coefficient (Wildman–Crippen LogP) is 0.625. The van der Waals surface area contributed by atoms with Crippen molar-refractivity contribution in [1.29, 1.82) is 0 Å². The topological polar surface area (TPSA) is 76.1 Å². The van der Waals surface area contributed by atoms with Crippen LogP contribution in [0.1, 0.15) is 0 Å². The molecule has 1 unspecified atom stereocenters. The lowest BCUT2D eigenvalue weighted by Gasteiger charge is -2.10. The molecule has 15 heavy (non-hydrogen) atoms. The van der Waals surface area contributed by atoms with Crippen LogP contribution in [-0.2, 0) is 9.63 Å². The van der Waals surface area contributed by atoms with Crippen LogP contribution in [-0.4, -0.2) is 28.8 Å². The minimum absolute atomic E-state index is 0.152. The lowest BCUT2D eigenvalue weighted by molar-refractivity contribution is -0.124. The van der Waals surface area contributed by atoms with Crippen molar-refractivity contribution in [1.82, 2.24) is 15.7 Å². The highest BCUT2D eigenvalue weighted by Crippen LogP contribution is 2.22. The molecule has 0 bridgehead atoms. The molecule has 0 saturated carbocycles. The van der Waals surface area contributed by atoms with E-state index in [2.05, 4.69) is 21.0 Å². The molecule has 8 heteroatoms. The molecule has 6 nitrogen and oxygen atoms in total. The molecular formula is C7H6Cl2N4O2. The molecular weight excluding hydrogens is 243 g/mol. The first-order valence-electron chi connectivity index (χ1n) is 4.04. The molecule has 1 amide bonds. The van der Waals surface area contributed by atoms with Crippen LogP contribution >= 0.6 is 23.2 Å². The Balaban J connectivity index is 2.16. The predicted molar refractivity (Wildman–Crippen MR) is 53.6 cm³/mol. The van der Waals surface area contributed by atoms with Gasteiger partial charge in [0, 0.05) is 6.07 Å². The van der Waals surface area contributed by atoms with Crippen molar-refractivity contribution < 1.29 is 9.63 Å². The Bertz CT molecular complexity index is 401. The summed E-state index contributed by atoms with van der Waals surface area (Å²) in [7, 11) is 0. The number of nitrogens with zero attached hydrogens (tertiary/aromatic N) is 2. The van der Waals surface area contributed by atoms with Gasteiger partial charge in [-0.15, -0.1) is 10.2 Å². The van der Waals surface area contributed by atoms with Gasteiger partial charge in [0.2, 0.25) is 0 Å². The molecule has 2 heterocycles. The van der Waals surface area contributed by atoms with Crippen LogP contribution in [0, 0.1) is 0 Å². The van der Waals surface area contributed by atoms with E-state index in [4.69, 9.17) is 28.0 Å². The lowest BCUT2D eigenvalue weighted by atomic mass is 10.3. The first kappa shape index (κ1) is 10.4. The van der Waals surface area contributed by atoms with E-state index in [1.165, 1.54) is 6.07 Å². The van der Waals surface area contributed by atoms with Crippen molar-refractivity contribution in [3.63, 3.8) is 0 Å². The van der Waals surface area contributed by atoms with Gasteiger partial charge in [0.25, 0.3) is 5.91 Å². The van der Waals surface area contributed by atoms with Crippen LogP contribution in [0.15, 0.2) is 6.07 Å². The number of carbonyl (C=O) groups is 1. The standard InChI is InChI=1S/C7H6Cl2N4O2/c8-5-1-3(6(9)12-11-5)10-4-2-15-13-7(4)14/h1,4H,2H2,(H,10,11)(H,13,14). The van der Waals surface area contributed by atoms with E-state index in [0.717, 1.165) is 0 Å². The van der Waals surface area contributed by atoms with Crippen molar-refractivity contribution in [2.75, 3.05) is 11.9 Å². The van der Waals surface area contributed by atoms with Crippen molar-refractivity contribution >= 4 is 34.8 Å². The average molecular weight is 249 g/mol. The van der Waals surface area contributed by atoms with E-state index < -0.39 is 6.04 Å². The van der Waals surface area contributed by atoms with Gasteiger partial charge in [-0.25, -0.2) is 5.48 Å². The van der Waals surface area contributed by atoms with Crippen LogP contribution in [0.25, 0.3) is 0 Å². The molecule has 1 fully saturated rings. The molecule has 0 radical (unpaired) electrons. The summed E-state index contributed by atoms with van der Waals surface area (Å²) >= 11 is 11.4. The maximum Gasteiger partial charge on any atom is 0.268 e. The third-order valence-electron chi connectivity index (χ3n) is 1.79. The van der Waals surface area contributed by atoms with Crippen molar-refractivity contribution in [3.8, 4) is 0 Å². The zero-order valence-corrected chi connectivity index (χ0v) is 8.84. The van der Waals surface area contributed by atoms with E-state index in [9.17, 15) is 4.79 Å². The van der Waals surface area contributed by atoms with Gasteiger partial charge in [-0.1, -0.05) is 23.2 Å². The molecule has 0 spiro atoms. The second kappa shape index (κ2) is 4.18. The maximum absolute atomic E-state index is 11.2. The minimum Gasteiger partial charge on any atom is -0.369 e. The Kier molecular flexibility index (Phi) is 2.90. The number of rotatable bonds is 2. The van der Waals surface area contributed by atoms with Crippen molar-refractivity contribution in [2.45, 2.75) is 6.04 Å². The monoisotopic (exact) mass is 248 g/mol. The number of anilines is 1. The first-order valence-corrected chi connectivity index (χ1v) is 4.79. The smallest absolute Gasteiger partial charge is 0.268 e. The molecule has 0 aliphatic carbocycles. The van der Waals surface area contributed by atoms with Gasteiger partial charge in [0.15, 0.2) is 10.3 Å². The minimum atomic E-state index is -0.497. The van der Waals surface area contributed by atoms with Gasteiger partial charge >= 0.3 is 0 Å². The number of halogens is 2. The Labute approximate surface area is 94.9 Å². The van der Waals surface area contributed by atoms with E-state index in [0.29, 0.717) is 5.69 Å². The molecule has 0 aromatic carbocycles. The zero-order valence-electron chi connectivity index (χ0n) is 7.33. The molecule has 80 valence electrons. The third-order valence-corrected chi connectivity index (χ3v) is 2.25. The summed E-state index contributed by atoms with van der Waals surface area (Å²) in [6, 6.07) is 0.991. The number of carbonyl (C=O) groups excluding carboxylic acids is 1. The second-order valence-corrected chi connectivity index (χ2v) is 3.59. The fraction of sp³-hybridized carbons (Fsp3) is 0.286. The maximum atomic E-state index is 11.2. The van der Waals surface area contributed by atoms with Crippen LogP contribution < -0.4 is 10.8 Å². The average Bonchev–Trinajstić information content (AvgIpc) is 2.58. The highest BCUT2D eigenvalue weighted by atomic mass is 35.5. The van der Waals surface area contributed by atoms with Gasteiger partial charge in [0.05, 0.1) is 5.69 Å². The van der Waals surface area contributed by atoms with Gasteiger partial charge in [0.1, 0.15) is 12.6 Å². The van der Waals surface area contributed by atoms with Crippen LogP contribution in [0.2, 0.25) is 10.3 Å². The van der Waals surface area contributed by atoms with Crippen LogP contribution in [0.5, 0.6) is 0 Å². The number of amides is 1. The highest BCUT2D eigenvalue weighted by molar-refractivity contribution is 6.33. The molecule has 2 N–H and O–H groups in total. The highest BCUT2D eigenvalue weighted by Gasteiger charge is 2.26. The Morgan fingerprint density at radius 2 is 2.33 bits per heavy atom. The zero-order chi connectivity index (χ0) is 10.8. The summed E-state index contributed by atoms with van der Waals surface area (Å²) in [5.41, 5.74) is 2.66. The molecule has 1 aromatic rings. The number of hydrogen-bond acceptors (Lipinski definition) is 5. The Morgan fingerprint density at radius 1 is 1.53 bits per heavy atom. The van der Waals surface area contributed by atoms with E-state index in [-0.39, 0.29) is 22.8 Å². The summed E-state index contributed by atoms with van der Waals surface area (Å²) in [5, 5.41) is 10.3. The van der Waals surface area contributed by atoms with Crippen LogP contribution in [0.4, 0.5) is 5.69 Å². The van der Waals surface area contributed by atoms with Crippen molar-refractivity contribution in [3.05, 3.63) is 16.4 Å². The van der Waals surface area contributed by atoms with Gasteiger partial charge in [-0.05, 0) is 0 Å². The fourth-order valence-electron chi connectivity index (χ4n) is 1.09. The molecule has 1 aliphatic heterocycles. The molecule has 1 saturated heterocycles. The SMILES string of the molecule is O=C1NOCC1Nc1cc(Cl)nnc1Cl. The first-order chi connectivity index (χ1) is 7.16. The van der Waals surface area contributed by atoms with Gasteiger partial charge < -0.3 is 5.32 Å². The van der Waals surface area contributed by atoms with Crippen LogP contribution in [0.3, 0.4) is 0 Å². The largest absolute Gasteiger partial charge is 0.369 e. The summed E-state index contributed by atoms with van der Waals surface area (Å²) in [4.78, 5) is 15.9. The number of aromatic nitrogens is 2. The van der Waals surface area contributed by atoms with Gasteiger partial charge in [-0.3, -0.25) is 9.63 Å². The van der Waals surface area contributed by atoms with E-state index >= 15 is 0 Å². The molecule has 1 aromatic heterocycles. The lowest BCUT2D eigenvalue weighted by Crippen LogP contribution is -2.31. The number of hydroxylamine groups is 1. The van der Waals surface area contributed by atoms with E-state index in [1.54, 1.807) is 0 Å². The summed E-state index contributed by atoms with van der Waals surface area (Å²) < 4.78 is 0. The fourth-order valence-corrected chi connectivity index (χ4v) is 1.39. The van der Waals surface area contributed by atoms with Crippen molar-refractivity contribution in [2.24, 2.45) is 0 Å². The number of nitrogens with one attached hydrogen (secondary N) is 2. The van der Waals surface area contributed by atoms with Gasteiger partial charge in [-0.2, -0.15) is 0 Å². The Hall–Kier alpha value is -1.11. The number of hydrogen-bond donors (Lipinski definition) is 2.